The van der Waals surface area contributed by atoms with E-state index in [1.165, 1.54) is 0 Å². The molecule has 0 saturated carbocycles. The number of urea groups is 1. The highest BCUT2D eigenvalue weighted by Gasteiger charge is 2.08. The van der Waals surface area contributed by atoms with Gasteiger partial charge in [0.1, 0.15) is 11.0 Å². The Morgan fingerprint density at radius 2 is 2.14 bits per heavy atom. The second-order valence-electron chi connectivity index (χ2n) is 4.44. The normalized spacial score (nSPS) is 10.8. The summed E-state index contributed by atoms with van der Waals surface area (Å²) in [4.78, 5) is 16.0. The van der Waals surface area contributed by atoms with Gasteiger partial charge in [0, 0.05) is 18.1 Å². The predicted molar refractivity (Wildman–Crippen MR) is 80.3 cm³/mol. The maximum Gasteiger partial charge on any atom is 0.321 e. The number of carbonyl (C=O) groups excluding carboxylic acids is 1. The van der Waals surface area contributed by atoms with Crippen LogP contribution in [0.5, 0.6) is 0 Å². The van der Waals surface area contributed by atoms with E-state index in [2.05, 4.69) is 40.3 Å². The Bertz CT molecular complexity index is 784. The fraction of sp³-hybridized carbons (Fsp3) is 0.250. The van der Waals surface area contributed by atoms with Crippen LogP contribution in [0.3, 0.4) is 0 Å². The Balaban J connectivity index is 1.54. The molecule has 3 N–H and O–H groups in total. The molecule has 0 unspecified atom stereocenters. The Labute approximate surface area is 129 Å². The number of nitrogens with zero attached hydrogens (tertiary/aromatic N) is 4. The van der Waals surface area contributed by atoms with Crippen molar-refractivity contribution in [3.8, 4) is 0 Å². The molecule has 0 atom stereocenters. The number of amides is 2. The van der Waals surface area contributed by atoms with Crippen molar-refractivity contribution in [3.63, 3.8) is 0 Å². The Morgan fingerprint density at radius 1 is 1.27 bits per heavy atom. The molecule has 3 aromatic rings. The fourth-order valence-electron chi connectivity index (χ4n) is 1.80. The molecule has 0 fully saturated rings. The fourth-order valence-corrected chi connectivity index (χ4v) is 2.38. The van der Waals surface area contributed by atoms with E-state index in [9.17, 15) is 4.79 Å². The van der Waals surface area contributed by atoms with E-state index in [-0.39, 0.29) is 6.03 Å². The number of rotatable bonds is 5. The van der Waals surface area contributed by atoms with Crippen molar-refractivity contribution in [2.75, 3.05) is 12.4 Å². The van der Waals surface area contributed by atoms with Crippen LogP contribution >= 0.6 is 11.5 Å². The lowest BCUT2D eigenvalue weighted by Crippen LogP contribution is -2.28. The van der Waals surface area contributed by atoms with Crippen LogP contribution in [0.1, 0.15) is 11.4 Å². The zero-order valence-electron chi connectivity index (χ0n) is 11.7. The lowest BCUT2D eigenvalue weighted by Gasteiger charge is -2.04. The third-order valence-corrected chi connectivity index (χ3v) is 3.46. The first kappa shape index (κ1) is 14.4. The molecule has 10 heteroatoms. The van der Waals surface area contributed by atoms with Gasteiger partial charge in [0.05, 0.1) is 6.54 Å². The molecule has 0 aliphatic carbocycles. The number of benzene rings is 1. The number of carbonyl (C=O) groups is 1. The number of nitrogens with one attached hydrogen (secondary N) is 3. The van der Waals surface area contributed by atoms with Gasteiger partial charge in [0.25, 0.3) is 0 Å². The van der Waals surface area contributed by atoms with E-state index < -0.39 is 0 Å². The van der Waals surface area contributed by atoms with E-state index >= 15 is 0 Å². The van der Waals surface area contributed by atoms with Crippen molar-refractivity contribution in [3.05, 3.63) is 29.6 Å². The Hall–Kier alpha value is -2.59. The van der Waals surface area contributed by atoms with Crippen molar-refractivity contribution >= 4 is 33.7 Å². The average molecular weight is 319 g/mol. The molecule has 114 valence electrons. The van der Waals surface area contributed by atoms with Crippen LogP contribution in [0, 0.1) is 0 Å². The molecular weight excluding hydrogens is 306 g/mol. The van der Waals surface area contributed by atoms with Gasteiger partial charge in [-0.1, -0.05) is 6.07 Å². The standard InChI is InChI=1S/C12H13N7O2S/c1-13-6-10-15-12(22-19-10)16-11(20)14-5-7-2-3-8-9(4-7)18-21-17-8/h2-4,13H,5-6H2,1H3,(H2,14,15,16,19,20). The van der Waals surface area contributed by atoms with Gasteiger partial charge in [-0.3, -0.25) is 5.32 Å². The van der Waals surface area contributed by atoms with Crippen molar-refractivity contribution in [2.24, 2.45) is 0 Å². The maximum absolute atomic E-state index is 11.8. The number of fused-ring (bicyclic) bond motifs is 1. The zero-order valence-corrected chi connectivity index (χ0v) is 12.5. The Morgan fingerprint density at radius 3 is 3.00 bits per heavy atom. The van der Waals surface area contributed by atoms with Crippen molar-refractivity contribution < 1.29 is 9.42 Å². The number of aromatic nitrogens is 4. The summed E-state index contributed by atoms with van der Waals surface area (Å²) in [5, 5.41) is 16.3. The molecule has 2 heterocycles. The molecule has 0 radical (unpaired) electrons. The quantitative estimate of drug-likeness (QED) is 0.645. The van der Waals surface area contributed by atoms with Gasteiger partial charge in [-0.25, -0.2) is 14.4 Å². The van der Waals surface area contributed by atoms with Gasteiger partial charge in [-0.2, -0.15) is 4.37 Å². The van der Waals surface area contributed by atoms with Gasteiger partial charge in [-0.15, -0.1) is 0 Å². The number of hydrogen-bond acceptors (Lipinski definition) is 8. The molecule has 0 saturated heterocycles. The highest BCUT2D eigenvalue weighted by molar-refractivity contribution is 7.09. The smallest absolute Gasteiger partial charge is 0.321 e. The molecule has 2 amide bonds. The lowest BCUT2D eigenvalue weighted by atomic mass is 10.2. The van der Waals surface area contributed by atoms with Crippen molar-refractivity contribution in [2.45, 2.75) is 13.1 Å². The molecule has 0 aliphatic rings. The molecule has 2 aromatic heterocycles. The minimum Gasteiger partial charge on any atom is -0.334 e. The monoisotopic (exact) mass is 319 g/mol. The number of hydrogen-bond donors (Lipinski definition) is 3. The topological polar surface area (TPSA) is 118 Å². The van der Waals surface area contributed by atoms with Crippen LogP contribution in [-0.4, -0.2) is 32.7 Å². The largest absolute Gasteiger partial charge is 0.334 e. The summed E-state index contributed by atoms with van der Waals surface area (Å²) in [6.07, 6.45) is 0. The molecule has 0 bridgehead atoms. The predicted octanol–water partition coefficient (Wildman–Crippen LogP) is 1.12. The van der Waals surface area contributed by atoms with Gasteiger partial charge >= 0.3 is 6.03 Å². The van der Waals surface area contributed by atoms with Crippen LogP contribution in [0.2, 0.25) is 0 Å². The van der Waals surface area contributed by atoms with Crippen molar-refractivity contribution in [1.29, 1.82) is 0 Å². The summed E-state index contributed by atoms with van der Waals surface area (Å²) in [5.74, 6) is 0.645. The molecule has 0 spiro atoms. The van der Waals surface area contributed by atoms with Crippen LogP contribution in [0.25, 0.3) is 11.0 Å². The lowest BCUT2D eigenvalue weighted by molar-refractivity contribution is 0.251. The third kappa shape index (κ3) is 3.35. The highest BCUT2D eigenvalue weighted by Crippen LogP contribution is 2.12. The average Bonchev–Trinajstić information content (AvgIpc) is 3.14. The minimum atomic E-state index is -0.342. The summed E-state index contributed by atoms with van der Waals surface area (Å²) in [6, 6.07) is 5.10. The summed E-state index contributed by atoms with van der Waals surface area (Å²) in [7, 11) is 1.81. The van der Waals surface area contributed by atoms with Crippen LogP contribution in [0.4, 0.5) is 9.93 Å². The highest BCUT2D eigenvalue weighted by atomic mass is 32.1. The molecule has 22 heavy (non-hydrogen) atoms. The molecule has 1 aromatic carbocycles. The van der Waals surface area contributed by atoms with Gasteiger partial charge in [-0.05, 0) is 35.1 Å². The summed E-state index contributed by atoms with van der Waals surface area (Å²) in [6.45, 7) is 0.919. The van der Waals surface area contributed by atoms with E-state index in [0.29, 0.717) is 35.1 Å². The zero-order chi connectivity index (χ0) is 15.4. The van der Waals surface area contributed by atoms with E-state index in [4.69, 9.17) is 0 Å². The second-order valence-corrected chi connectivity index (χ2v) is 5.19. The first-order valence-electron chi connectivity index (χ1n) is 6.48. The molecular formula is C12H13N7O2S. The van der Waals surface area contributed by atoms with Gasteiger partial charge < -0.3 is 10.6 Å². The van der Waals surface area contributed by atoms with Gasteiger partial charge in [0.15, 0.2) is 5.82 Å². The third-order valence-electron chi connectivity index (χ3n) is 2.79. The van der Waals surface area contributed by atoms with Crippen molar-refractivity contribution in [1.82, 2.24) is 30.3 Å². The first-order valence-corrected chi connectivity index (χ1v) is 7.25. The van der Waals surface area contributed by atoms with E-state index in [0.717, 1.165) is 17.1 Å². The van der Waals surface area contributed by atoms with E-state index in [1.807, 2.05) is 19.2 Å². The van der Waals surface area contributed by atoms with Crippen LogP contribution in [0.15, 0.2) is 22.8 Å². The molecule has 3 rings (SSSR count). The maximum atomic E-state index is 11.8. The van der Waals surface area contributed by atoms with Crippen LogP contribution in [-0.2, 0) is 13.1 Å². The first-order chi connectivity index (χ1) is 10.7. The molecule has 9 nitrogen and oxygen atoms in total. The second kappa shape index (κ2) is 6.45. The Kier molecular flexibility index (Phi) is 4.21. The van der Waals surface area contributed by atoms with Gasteiger partial charge in [0.2, 0.25) is 5.13 Å². The van der Waals surface area contributed by atoms with E-state index in [1.54, 1.807) is 6.07 Å². The van der Waals surface area contributed by atoms with Crippen LogP contribution < -0.4 is 16.0 Å². The SMILES string of the molecule is CNCc1nsc(NC(=O)NCc2ccc3nonc3c2)n1. The molecule has 0 aliphatic heterocycles. The summed E-state index contributed by atoms with van der Waals surface area (Å²) in [5.41, 5.74) is 2.23. The summed E-state index contributed by atoms with van der Waals surface area (Å²) < 4.78 is 8.73. The minimum absolute atomic E-state index is 0.342. The summed E-state index contributed by atoms with van der Waals surface area (Å²) >= 11 is 1.14. The number of anilines is 1.